The summed E-state index contributed by atoms with van der Waals surface area (Å²) in [5, 5.41) is 5.68. The van der Waals surface area contributed by atoms with Crippen LogP contribution in [0.4, 0.5) is 10.8 Å². The minimum absolute atomic E-state index is 0.302. The Balaban J connectivity index is 1.44. The topological polar surface area (TPSA) is 84.6 Å². The maximum absolute atomic E-state index is 12.2. The van der Waals surface area contributed by atoms with Crippen molar-refractivity contribution >= 4 is 34.6 Å². The fraction of sp³-hybridized carbons (Fsp3) is 0.400. The number of anilines is 1. The molecule has 1 fully saturated rings. The van der Waals surface area contributed by atoms with E-state index in [1.165, 1.54) is 0 Å². The first-order valence-corrected chi connectivity index (χ1v) is 9.79. The molecule has 0 aliphatic carbocycles. The molecule has 0 atom stereocenters. The van der Waals surface area contributed by atoms with Crippen molar-refractivity contribution in [3.63, 3.8) is 0 Å². The summed E-state index contributed by atoms with van der Waals surface area (Å²) in [5.74, 6) is 0.423. The van der Waals surface area contributed by atoms with E-state index in [0.29, 0.717) is 48.7 Å². The fourth-order valence-corrected chi connectivity index (χ4v) is 3.26. The molecule has 0 bridgehead atoms. The van der Waals surface area contributed by atoms with Crippen LogP contribution in [0.3, 0.4) is 0 Å². The van der Waals surface area contributed by atoms with Crippen molar-refractivity contribution in [2.75, 3.05) is 31.1 Å². The third-order valence-corrected chi connectivity index (χ3v) is 4.73. The molecule has 0 unspecified atom stereocenters. The molecule has 0 radical (unpaired) electrons. The van der Waals surface area contributed by atoms with E-state index in [4.69, 9.17) is 20.9 Å². The minimum atomic E-state index is -0.506. The molecule has 29 heavy (non-hydrogen) atoms. The summed E-state index contributed by atoms with van der Waals surface area (Å²) in [4.78, 5) is 24.9. The molecule has 8 nitrogen and oxygen atoms in total. The Labute approximate surface area is 173 Å². The van der Waals surface area contributed by atoms with Gasteiger partial charge in [-0.25, -0.2) is 9.78 Å². The molecular formula is C20H22ClN5O3. The number of benzene rings is 1. The zero-order chi connectivity index (χ0) is 20.6. The summed E-state index contributed by atoms with van der Waals surface area (Å²) in [7, 11) is 0. The summed E-state index contributed by atoms with van der Waals surface area (Å²) in [6.45, 7) is 7.81. The van der Waals surface area contributed by atoms with Gasteiger partial charge in [-0.2, -0.15) is 4.98 Å². The summed E-state index contributed by atoms with van der Waals surface area (Å²) < 4.78 is 10.9. The van der Waals surface area contributed by atoms with Crippen LogP contribution in [0.5, 0.6) is 0 Å². The van der Waals surface area contributed by atoms with Gasteiger partial charge in [0.2, 0.25) is 5.82 Å². The molecule has 0 saturated carbocycles. The lowest BCUT2D eigenvalue weighted by atomic mass is 10.2. The number of carbonyl (C=O) groups is 1. The van der Waals surface area contributed by atoms with Gasteiger partial charge in [0.25, 0.3) is 0 Å². The van der Waals surface area contributed by atoms with E-state index in [1.54, 1.807) is 11.0 Å². The normalized spacial score (nSPS) is 15.0. The summed E-state index contributed by atoms with van der Waals surface area (Å²) in [6, 6.07) is 9.71. The van der Waals surface area contributed by atoms with Gasteiger partial charge < -0.3 is 19.1 Å². The fourth-order valence-electron chi connectivity index (χ4n) is 3.08. The Hall–Kier alpha value is -2.87. The highest BCUT2D eigenvalue weighted by atomic mass is 35.5. The molecule has 1 amide bonds. The number of ether oxygens (including phenoxy) is 1. The quantitative estimate of drug-likeness (QED) is 0.625. The minimum Gasteiger partial charge on any atom is -0.444 e. The maximum atomic E-state index is 12.2. The van der Waals surface area contributed by atoms with E-state index >= 15 is 0 Å². The maximum Gasteiger partial charge on any atom is 0.410 e. The van der Waals surface area contributed by atoms with Gasteiger partial charge in [0.1, 0.15) is 11.3 Å². The van der Waals surface area contributed by atoms with Gasteiger partial charge in [-0.1, -0.05) is 22.8 Å². The third kappa shape index (κ3) is 4.42. The molecule has 2 aromatic heterocycles. The molecule has 3 heterocycles. The Bertz CT molecular complexity index is 1040. The van der Waals surface area contributed by atoms with Gasteiger partial charge in [0.15, 0.2) is 0 Å². The van der Waals surface area contributed by atoms with Gasteiger partial charge in [-0.05, 0) is 45.0 Å². The van der Waals surface area contributed by atoms with Crippen molar-refractivity contribution < 1.29 is 14.1 Å². The van der Waals surface area contributed by atoms with Crippen LogP contribution in [0.1, 0.15) is 20.8 Å². The number of amides is 1. The average molecular weight is 416 g/mol. The highest BCUT2D eigenvalue weighted by Crippen LogP contribution is 2.24. The van der Waals surface area contributed by atoms with Crippen LogP contribution in [0.15, 0.2) is 34.9 Å². The van der Waals surface area contributed by atoms with Crippen molar-refractivity contribution in [3.05, 3.63) is 35.4 Å². The van der Waals surface area contributed by atoms with Crippen molar-refractivity contribution in [2.45, 2.75) is 26.4 Å². The Morgan fingerprint density at radius 2 is 1.86 bits per heavy atom. The number of piperazine rings is 1. The Morgan fingerprint density at radius 3 is 2.59 bits per heavy atom. The summed E-state index contributed by atoms with van der Waals surface area (Å²) in [6.07, 6.45) is -0.302. The second-order valence-corrected chi connectivity index (χ2v) is 8.32. The van der Waals surface area contributed by atoms with Crippen LogP contribution >= 0.6 is 11.6 Å². The van der Waals surface area contributed by atoms with E-state index in [0.717, 1.165) is 10.9 Å². The van der Waals surface area contributed by atoms with Crippen LogP contribution in [0, 0.1) is 0 Å². The Kier molecular flexibility index (Phi) is 5.04. The molecule has 1 saturated heterocycles. The first-order chi connectivity index (χ1) is 13.8. The predicted octanol–water partition coefficient (Wildman–Crippen LogP) is 4.00. The zero-order valence-electron chi connectivity index (χ0n) is 16.6. The van der Waals surface area contributed by atoms with Crippen molar-refractivity contribution in [1.29, 1.82) is 0 Å². The van der Waals surface area contributed by atoms with E-state index in [9.17, 15) is 4.79 Å². The molecule has 152 valence electrons. The smallest absolute Gasteiger partial charge is 0.410 e. The zero-order valence-corrected chi connectivity index (χ0v) is 17.3. The van der Waals surface area contributed by atoms with Crippen LogP contribution < -0.4 is 4.90 Å². The van der Waals surface area contributed by atoms with E-state index in [2.05, 4.69) is 15.1 Å². The van der Waals surface area contributed by atoms with Crippen molar-refractivity contribution in [2.24, 2.45) is 0 Å². The monoisotopic (exact) mass is 415 g/mol. The molecule has 1 aliphatic rings. The number of nitrogens with zero attached hydrogens (tertiary/aromatic N) is 5. The molecule has 0 N–H and O–H groups in total. The van der Waals surface area contributed by atoms with Crippen LogP contribution in [0.2, 0.25) is 5.02 Å². The molecule has 9 heteroatoms. The lowest BCUT2D eigenvalue weighted by Gasteiger charge is -2.34. The summed E-state index contributed by atoms with van der Waals surface area (Å²) in [5.41, 5.74) is 0.930. The first kappa shape index (κ1) is 19.4. The van der Waals surface area contributed by atoms with Crippen LogP contribution in [-0.2, 0) is 4.74 Å². The Morgan fingerprint density at radius 1 is 1.10 bits per heavy atom. The van der Waals surface area contributed by atoms with Gasteiger partial charge in [0.05, 0.1) is 5.52 Å². The van der Waals surface area contributed by atoms with Crippen molar-refractivity contribution in [3.8, 4) is 11.5 Å². The second kappa shape index (κ2) is 7.51. The number of hydrogen-bond acceptors (Lipinski definition) is 7. The molecular weight excluding hydrogens is 394 g/mol. The lowest BCUT2D eigenvalue weighted by Crippen LogP contribution is -2.50. The number of pyridine rings is 1. The second-order valence-electron chi connectivity index (χ2n) is 7.89. The number of carbonyl (C=O) groups excluding carboxylic acids is 1. The van der Waals surface area contributed by atoms with Crippen LogP contribution in [0.25, 0.3) is 22.4 Å². The molecule has 1 aromatic carbocycles. The molecule has 0 spiro atoms. The highest BCUT2D eigenvalue weighted by Gasteiger charge is 2.28. The molecule has 1 aliphatic heterocycles. The van der Waals surface area contributed by atoms with E-state index in [-0.39, 0.29) is 6.09 Å². The van der Waals surface area contributed by atoms with Gasteiger partial charge in [-0.15, -0.1) is 0 Å². The number of aromatic nitrogens is 3. The van der Waals surface area contributed by atoms with E-state index < -0.39 is 5.60 Å². The largest absolute Gasteiger partial charge is 0.444 e. The van der Waals surface area contributed by atoms with Crippen molar-refractivity contribution in [1.82, 2.24) is 20.0 Å². The van der Waals surface area contributed by atoms with Gasteiger partial charge in [0, 0.05) is 36.6 Å². The molecule has 4 rings (SSSR count). The lowest BCUT2D eigenvalue weighted by molar-refractivity contribution is 0.0238. The first-order valence-electron chi connectivity index (χ1n) is 9.42. The predicted molar refractivity (Wildman–Crippen MR) is 110 cm³/mol. The number of hydrogen-bond donors (Lipinski definition) is 0. The number of halogens is 1. The van der Waals surface area contributed by atoms with Crippen LogP contribution in [-0.4, -0.2) is 57.9 Å². The number of fused-ring (bicyclic) bond motifs is 1. The highest BCUT2D eigenvalue weighted by molar-refractivity contribution is 6.31. The SMILES string of the molecule is CC(C)(C)OC(=O)N1CCN(c2nc(-c3ccc4cc(Cl)ccc4n3)no2)CC1. The molecule has 3 aromatic rings. The number of rotatable bonds is 2. The average Bonchev–Trinajstić information content (AvgIpc) is 3.16. The third-order valence-electron chi connectivity index (χ3n) is 4.50. The van der Waals surface area contributed by atoms with E-state index in [1.807, 2.05) is 49.9 Å². The summed E-state index contributed by atoms with van der Waals surface area (Å²) >= 11 is 6.02. The standard InChI is InChI=1S/C20H22ClN5O3/c1-20(2,3)28-19(27)26-10-8-25(9-11-26)18-23-17(24-29-18)16-6-4-13-12-14(21)5-7-15(13)22-16/h4-7,12H,8-11H2,1-3H3. The van der Waals surface area contributed by atoms with Gasteiger partial charge >= 0.3 is 12.1 Å². The van der Waals surface area contributed by atoms with Gasteiger partial charge in [-0.3, -0.25) is 0 Å².